The molecule has 0 fully saturated rings. The molecule has 0 saturated carbocycles. The summed E-state index contributed by atoms with van der Waals surface area (Å²) < 4.78 is 14.6. The van der Waals surface area contributed by atoms with Gasteiger partial charge in [-0.15, -0.1) is 0 Å². The van der Waals surface area contributed by atoms with Crippen molar-refractivity contribution in [2.75, 3.05) is 13.2 Å². The van der Waals surface area contributed by atoms with Crippen LogP contribution in [0, 0.1) is 0 Å². The molecule has 2 atom stereocenters. The molecule has 0 aromatic heterocycles. The average Bonchev–Trinajstić information content (AvgIpc) is 2.15. The summed E-state index contributed by atoms with van der Waals surface area (Å²) in [6, 6.07) is -0.413. The lowest BCUT2D eigenvalue weighted by Gasteiger charge is -2.14. The molecule has 0 aliphatic carbocycles. The maximum absolute atomic E-state index is 10.9. The van der Waals surface area contributed by atoms with E-state index in [0.29, 0.717) is 12.7 Å². The number of carbonyl (C=O) groups is 1. The van der Waals surface area contributed by atoms with Gasteiger partial charge in [-0.3, -0.25) is 9.36 Å². The van der Waals surface area contributed by atoms with Crippen molar-refractivity contribution in [2.45, 2.75) is 18.8 Å². The number of nitrogens with one attached hydrogen (secondary N) is 1. The van der Waals surface area contributed by atoms with E-state index in [9.17, 15) is 9.36 Å². The smallest absolute Gasteiger partial charge is 0.316 e. The molecule has 0 saturated heterocycles. The van der Waals surface area contributed by atoms with Gasteiger partial charge in [-0.2, -0.15) is 0 Å². The minimum Gasteiger partial charge on any atom is -0.394 e. The molecular formula is C6H15BNO5P. The number of rotatable bonds is 7. The van der Waals surface area contributed by atoms with E-state index in [1.807, 2.05) is 0 Å². The fourth-order valence-corrected chi connectivity index (χ4v) is 1.12. The summed E-state index contributed by atoms with van der Waals surface area (Å²) in [5.41, 5.74) is 0. The Kier molecular flexibility index (Phi) is 7.79. The van der Waals surface area contributed by atoms with E-state index >= 15 is 0 Å². The van der Waals surface area contributed by atoms with Crippen LogP contribution in [0.2, 0.25) is 6.32 Å². The first-order valence-corrected chi connectivity index (χ1v) is 5.62. The normalized spacial score (nSPS) is 14.7. The molecule has 0 aromatic carbocycles. The lowest BCUT2D eigenvalue weighted by Crippen LogP contribution is -2.37. The van der Waals surface area contributed by atoms with E-state index in [0.717, 1.165) is 0 Å². The quantitative estimate of drug-likeness (QED) is 0.353. The number of aliphatic hydroxyl groups is 1. The number of amides is 1. The summed E-state index contributed by atoms with van der Waals surface area (Å²) in [5.74, 6) is -0.166. The van der Waals surface area contributed by atoms with Crippen LogP contribution < -0.4 is 5.32 Å². The Bertz CT molecular complexity index is 203. The maximum Gasteiger partial charge on any atom is 0.316 e. The van der Waals surface area contributed by atoms with Crippen LogP contribution >= 0.6 is 8.25 Å². The first kappa shape index (κ1) is 13.6. The van der Waals surface area contributed by atoms with E-state index in [1.165, 1.54) is 0 Å². The van der Waals surface area contributed by atoms with Crippen molar-refractivity contribution in [3.8, 4) is 0 Å². The van der Waals surface area contributed by atoms with Gasteiger partial charge in [0.25, 0.3) is 0 Å². The Morgan fingerprint density at radius 1 is 1.64 bits per heavy atom. The Hall–Kier alpha value is -0.355. The van der Waals surface area contributed by atoms with Crippen molar-refractivity contribution in [2.24, 2.45) is 0 Å². The molecule has 6 nitrogen and oxygen atoms in total. The van der Waals surface area contributed by atoms with Gasteiger partial charge in [0.2, 0.25) is 5.91 Å². The molecule has 0 aliphatic rings. The van der Waals surface area contributed by atoms with Crippen molar-refractivity contribution < 1.29 is 23.9 Å². The van der Waals surface area contributed by atoms with Crippen LogP contribution in [0.15, 0.2) is 0 Å². The van der Waals surface area contributed by atoms with Gasteiger partial charge >= 0.3 is 8.25 Å². The lowest BCUT2D eigenvalue weighted by molar-refractivity contribution is -0.120. The molecule has 14 heavy (non-hydrogen) atoms. The molecule has 0 bridgehead atoms. The van der Waals surface area contributed by atoms with Crippen LogP contribution in [0.3, 0.4) is 0 Å². The Balaban J connectivity index is 3.68. The summed E-state index contributed by atoms with van der Waals surface area (Å²) >= 11 is 0. The van der Waals surface area contributed by atoms with E-state index < -0.39 is 14.3 Å². The predicted molar refractivity (Wildman–Crippen MR) is 54.2 cm³/mol. The molecule has 1 amide bonds. The number of aliphatic hydroxyl groups excluding tert-OH is 1. The molecule has 0 spiro atoms. The van der Waals surface area contributed by atoms with Crippen LogP contribution in [-0.2, 0) is 13.9 Å². The van der Waals surface area contributed by atoms with E-state index in [4.69, 9.17) is 10.00 Å². The highest BCUT2D eigenvalue weighted by Gasteiger charge is 2.09. The largest absolute Gasteiger partial charge is 0.394 e. The monoisotopic (exact) mass is 223 g/mol. The van der Waals surface area contributed by atoms with Crippen LogP contribution in [0.1, 0.15) is 6.42 Å². The molecular weight excluding hydrogens is 208 g/mol. The van der Waals surface area contributed by atoms with Gasteiger partial charge in [-0.25, -0.2) is 0 Å². The van der Waals surface area contributed by atoms with Crippen LogP contribution in [0.4, 0.5) is 0 Å². The topological polar surface area (TPSA) is 95.9 Å². The second-order valence-electron chi connectivity index (χ2n) is 2.70. The van der Waals surface area contributed by atoms with E-state index in [1.54, 1.807) is 7.85 Å². The van der Waals surface area contributed by atoms with Crippen molar-refractivity contribution in [3.63, 3.8) is 0 Å². The third-order valence-corrected chi connectivity index (χ3v) is 2.05. The van der Waals surface area contributed by atoms with Gasteiger partial charge in [0.05, 0.1) is 19.3 Å². The highest BCUT2D eigenvalue weighted by Crippen LogP contribution is 2.14. The maximum atomic E-state index is 10.9. The summed E-state index contributed by atoms with van der Waals surface area (Å²) in [5, 5.41) is 11.4. The highest BCUT2D eigenvalue weighted by molar-refractivity contribution is 7.32. The molecule has 0 rings (SSSR count). The van der Waals surface area contributed by atoms with Crippen LogP contribution in [0.5, 0.6) is 0 Å². The second kappa shape index (κ2) is 7.99. The second-order valence-corrected chi connectivity index (χ2v) is 3.52. The zero-order valence-electron chi connectivity index (χ0n) is 8.02. The molecule has 0 aromatic rings. The van der Waals surface area contributed by atoms with Crippen molar-refractivity contribution in [3.05, 3.63) is 0 Å². The Morgan fingerprint density at radius 3 is 2.71 bits per heavy atom. The fraction of sp³-hybridized carbons (Fsp3) is 0.833. The minimum atomic E-state index is -2.92. The molecule has 0 heterocycles. The van der Waals surface area contributed by atoms with E-state index in [-0.39, 0.29) is 19.1 Å². The van der Waals surface area contributed by atoms with Gasteiger partial charge in [-0.05, 0) is 12.7 Å². The molecule has 1 unspecified atom stereocenters. The SMILES string of the molecule is BCC(=O)N[C@@H](CO)CCO[PH](=O)O. The molecule has 0 radical (unpaired) electrons. The summed E-state index contributed by atoms with van der Waals surface area (Å²) in [7, 11) is -1.21. The van der Waals surface area contributed by atoms with E-state index in [2.05, 4.69) is 9.84 Å². The number of hydrogen-bond acceptors (Lipinski definition) is 4. The van der Waals surface area contributed by atoms with Crippen molar-refractivity contribution in [1.82, 2.24) is 5.32 Å². The van der Waals surface area contributed by atoms with Crippen LogP contribution in [-0.4, -0.2) is 43.0 Å². The Morgan fingerprint density at radius 2 is 2.29 bits per heavy atom. The third kappa shape index (κ3) is 7.09. The summed E-state index contributed by atoms with van der Waals surface area (Å²) in [6.45, 7) is -0.162. The highest BCUT2D eigenvalue weighted by atomic mass is 31.1. The van der Waals surface area contributed by atoms with Gasteiger partial charge < -0.3 is 19.8 Å². The molecule has 8 heteroatoms. The van der Waals surface area contributed by atoms with Crippen molar-refractivity contribution >= 4 is 22.0 Å². The number of carbonyl (C=O) groups excluding carboxylic acids is 1. The summed E-state index contributed by atoms with van der Waals surface area (Å²) in [4.78, 5) is 19.3. The van der Waals surface area contributed by atoms with Gasteiger partial charge in [0.1, 0.15) is 7.85 Å². The van der Waals surface area contributed by atoms with Crippen LogP contribution in [0.25, 0.3) is 0 Å². The molecule has 82 valence electrons. The first-order valence-electron chi connectivity index (χ1n) is 4.36. The Labute approximate surface area is 84.0 Å². The van der Waals surface area contributed by atoms with Gasteiger partial charge in [-0.1, -0.05) is 0 Å². The van der Waals surface area contributed by atoms with Gasteiger partial charge in [0.15, 0.2) is 0 Å². The lowest BCUT2D eigenvalue weighted by atomic mass is 10.0. The zero-order chi connectivity index (χ0) is 11.0. The third-order valence-electron chi connectivity index (χ3n) is 1.60. The number of hydrogen-bond donors (Lipinski definition) is 3. The zero-order valence-corrected chi connectivity index (χ0v) is 9.02. The average molecular weight is 223 g/mol. The standard InChI is InChI=1S/C6H15BNO5P/c7-3-6(10)8-5(4-9)1-2-13-14(11)12/h5,9,14H,1-4,7H2,(H,8,10)(H,11,12)/t5-/m1/s1. The molecule has 0 aliphatic heterocycles. The minimum absolute atomic E-state index is 0.0452. The fourth-order valence-electron chi connectivity index (χ4n) is 0.827. The molecule has 3 N–H and O–H groups in total. The first-order chi connectivity index (χ1) is 6.60. The van der Waals surface area contributed by atoms with Crippen molar-refractivity contribution in [1.29, 1.82) is 0 Å². The van der Waals surface area contributed by atoms with Gasteiger partial charge in [0, 0.05) is 0 Å². The summed E-state index contributed by atoms with van der Waals surface area (Å²) in [6.07, 6.45) is 0.660. The predicted octanol–water partition coefficient (Wildman–Crippen LogP) is -1.70.